The number of nitrogens with zero attached hydrogens (tertiary/aromatic N) is 1. The number of guanidine groups is 1. The molecule has 2 N–H and O–H groups in total. The molecule has 0 aromatic heterocycles. The minimum Gasteiger partial charge on any atom is -0.484 e. The Hall–Kier alpha value is -1.96. The van der Waals surface area contributed by atoms with E-state index in [9.17, 15) is 13.2 Å². The van der Waals surface area contributed by atoms with E-state index in [0.29, 0.717) is 24.7 Å². The number of hydrogen-bond donors (Lipinski definition) is 2. The van der Waals surface area contributed by atoms with Gasteiger partial charge in [-0.3, -0.25) is 4.99 Å². The van der Waals surface area contributed by atoms with Crippen LogP contribution in [-0.4, -0.2) is 45.5 Å². The van der Waals surface area contributed by atoms with Crippen LogP contribution in [0.4, 0.5) is 13.2 Å². The van der Waals surface area contributed by atoms with Crippen LogP contribution in [0, 0.1) is 0 Å². The van der Waals surface area contributed by atoms with Crippen molar-refractivity contribution in [3.8, 4) is 5.75 Å². The molecule has 0 spiro atoms. The summed E-state index contributed by atoms with van der Waals surface area (Å²) in [5.41, 5.74) is 0.631. The third-order valence-corrected chi connectivity index (χ3v) is 3.25. The average molecular weight is 361 g/mol. The molecule has 0 heterocycles. The van der Waals surface area contributed by atoms with Crippen LogP contribution >= 0.6 is 0 Å². The molecule has 0 radical (unpaired) electrons. The third kappa shape index (κ3) is 9.81. The highest BCUT2D eigenvalue weighted by atomic mass is 19.4. The lowest BCUT2D eigenvalue weighted by Crippen LogP contribution is -2.37. The summed E-state index contributed by atoms with van der Waals surface area (Å²) >= 11 is 0. The van der Waals surface area contributed by atoms with E-state index < -0.39 is 12.8 Å². The van der Waals surface area contributed by atoms with Gasteiger partial charge < -0.3 is 20.1 Å². The van der Waals surface area contributed by atoms with Crippen LogP contribution < -0.4 is 15.4 Å². The molecule has 5 nitrogen and oxygen atoms in total. The topological polar surface area (TPSA) is 54.9 Å². The standard InChI is InChI=1S/C17H26F3N3O2/c1-3-24-11-7-6-10-22-16(21-2)23-12-14-8-4-5-9-15(14)25-13-17(18,19)20/h4-5,8-9H,3,6-7,10-13H2,1-2H3,(H2,21,22,23). The fraction of sp³-hybridized carbons (Fsp3) is 0.588. The van der Waals surface area contributed by atoms with E-state index in [1.54, 1.807) is 25.2 Å². The molecule has 1 rings (SSSR count). The van der Waals surface area contributed by atoms with Crippen molar-refractivity contribution in [2.75, 3.05) is 33.4 Å². The van der Waals surface area contributed by atoms with E-state index in [2.05, 4.69) is 15.6 Å². The molecule has 0 aliphatic rings. The highest BCUT2D eigenvalue weighted by Crippen LogP contribution is 2.21. The van der Waals surface area contributed by atoms with Crippen LogP contribution in [0.1, 0.15) is 25.3 Å². The van der Waals surface area contributed by atoms with E-state index in [1.165, 1.54) is 6.07 Å². The molecule has 1 aromatic carbocycles. The molecule has 0 saturated heterocycles. The molecule has 0 aliphatic heterocycles. The van der Waals surface area contributed by atoms with E-state index in [-0.39, 0.29) is 5.75 Å². The molecule has 25 heavy (non-hydrogen) atoms. The van der Waals surface area contributed by atoms with Gasteiger partial charge in [-0.05, 0) is 25.8 Å². The zero-order valence-corrected chi connectivity index (χ0v) is 14.7. The van der Waals surface area contributed by atoms with E-state index >= 15 is 0 Å². The van der Waals surface area contributed by atoms with Gasteiger partial charge in [-0.2, -0.15) is 13.2 Å². The number of benzene rings is 1. The van der Waals surface area contributed by atoms with Gasteiger partial charge in [0.15, 0.2) is 12.6 Å². The van der Waals surface area contributed by atoms with Crippen LogP contribution in [0.15, 0.2) is 29.3 Å². The molecule has 0 atom stereocenters. The van der Waals surface area contributed by atoms with E-state index in [1.807, 2.05) is 6.92 Å². The van der Waals surface area contributed by atoms with Gasteiger partial charge in [-0.1, -0.05) is 18.2 Å². The first-order valence-electron chi connectivity index (χ1n) is 8.26. The minimum absolute atomic E-state index is 0.208. The molecule has 0 bridgehead atoms. The number of unbranched alkanes of at least 4 members (excludes halogenated alkanes) is 1. The van der Waals surface area contributed by atoms with Crippen LogP contribution in [-0.2, 0) is 11.3 Å². The molecule has 0 saturated carbocycles. The quantitative estimate of drug-likeness (QED) is 0.382. The Morgan fingerprint density at radius 2 is 1.92 bits per heavy atom. The number of ether oxygens (including phenoxy) is 2. The Labute approximate surface area is 146 Å². The number of aliphatic imine (C=N–C) groups is 1. The normalized spacial score (nSPS) is 12.1. The second-order valence-electron chi connectivity index (χ2n) is 5.27. The van der Waals surface area contributed by atoms with Crippen molar-refractivity contribution in [2.45, 2.75) is 32.5 Å². The zero-order valence-electron chi connectivity index (χ0n) is 14.7. The van der Waals surface area contributed by atoms with Gasteiger partial charge in [-0.15, -0.1) is 0 Å². The maximum absolute atomic E-state index is 12.3. The largest absolute Gasteiger partial charge is 0.484 e. The Balaban J connectivity index is 2.42. The smallest absolute Gasteiger partial charge is 0.422 e. The summed E-state index contributed by atoms with van der Waals surface area (Å²) in [4.78, 5) is 4.09. The summed E-state index contributed by atoms with van der Waals surface area (Å²) in [6, 6.07) is 6.63. The number of para-hydroxylation sites is 1. The summed E-state index contributed by atoms with van der Waals surface area (Å²) in [5, 5.41) is 6.23. The predicted molar refractivity (Wildman–Crippen MR) is 91.9 cm³/mol. The van der Waals surface area contributed by atoms with Crippen molar-refractivity contribution < 1.29 is 22.6 Å². The van der Waals surface area contributed by atoms with Crippen LogP contribution in [0.3, 0.4) is 0 Å². The van der Waals surface area contributed by atoms with Crippen molar-refractivity contribution in [3.05, 3.63) is 29.8 Å². The SMILES string of the molecule is CCOCCCCNC(=NC)NCc1ccccc1OCC(F)(F)F. The van der Waals surface area contributed by atoms with Crippen molar-refractivity contribution in [1.29, 1.82) is 0 Å². The second-order valence-corrected chi connectivity index (χ2v) is 5.27. The molecule has 1 aromatic rings. The third-order valence-electron chi connectivity index (χ3n) is 3.25. The Morgan fingerprint density at radius 3 is 2.60 bits per heavy atom. The zero-order chi connectivity index (χ0) is 18.5. The summed E-state index contributed by atoms with van der Waals surface area (Å²) < 4.78 is 47.1. The molecule has 8 heteroatoms. The van der Waals surface area contributed by atoms with Gasteiger partial charge in [-0.25, -0.2) is 0 Å². The molecule has 0 fully saturated rings. The highest BCUT2D eigenvalue weighted by Gasteiger charge is 2.28. The maximum atomic E-state index is 12.3. The van der Waals surface area contributed by atoms with Gasteiger partial charge in [0.1, 0.15) is 5.75 Å². The molecular formula is C17H26F3N3O2. The summed E-state index contributed by atoms with van der Waals surface area (Å²) in [6.07, 6.45) is -2.47. The van der Waals surface area contributed by atoms with Crippen molar-refractivity contribution in [2.24, 2.45) is 4.99 Å². The molecule has 142 valence electrons. The summed E-state index contributed by atoms with van der Waals surface area (Å²) in [7, 11) is 1.64. The first-order valence-corrected chi connectivity index (χ1v) is 8.26. The van der Waals surface area contributed by atoms with Crippen LogP contribution in [0.5, 0.6) is 5.75 Å². The van der Waals surface area contributed by atoms with Gasteiger partial charge >= 0.3 is 6.18 Å². The summed E-state index contributed by atoms with van der Waals surface area (Å²) in [6.45, 7) is 3.14. The van der Waals surface area contributed by atoms with Crippen molar-refractivity contribution in [1.82, 2.24) is 10.6 Å². The molecule has 0 aliphatic carbocycles. The number of halogens is 3. The number of nitrogens with one attached hydrogen (secondary N) is 2. The first kappa shape index (κ1) is 21.1. The lowest BCUT2D eigenvalue weighted by molar-refractivity contribution is -0.153. The summed E-state index contributed by atoms with van der Waals surface area (Å²) in [5.74, 6) is 0.793. The fourth-order valence-electron chi connectivity index (χ4n) is 2.03. The maximum Gasteiger partial charge on any atom is 0.422 e. The number of rotatable bonds is 10. The Morgan fingerprint density at radius 1 is 1.16 bits per heavy atom. The van der Waals surface area contributed by atoms with Gasteiger partial charge in [0.05, 0.1) is 0 Å². The van der Waals surface area contributed by atoms with Gasteiger partial charge in [0.2, 0.25) is 0 Å². The lowest BCUT2D eigenvalue weighted by atomic mass is 10.2. The Kier molecular flexibility index (Phi) is 9.76. The Bertz CT molecular complexity index is 522. The number of alkyl halides is 3. The highest BCUT2D eigenvalue weighted by molar-refractivity contribution is 5.79. The molecular weight excluding hydrogens is 335 g/mol. The average Bonchev–Trinajstić information content (AvgIpc) is 2.58. The second kappa shape index (κ2) is 11.6. The van der Waals surface area contributed by atoms with Crippen molar-refractivity contribution in [3.63, 3.8) is 0 Å². The first-order chi connectivity index (χ1) is 12.0. The van der Waals surface area contributed by atoms with Crippen LogP contribution in [0.2, 0.25) is 0 Å². The predicted octanol–water partition coefficient (Wildman–Crippen LogP) is 3.11. The fourth-order valence-corrected chi connectivity index (χ4v) is 2.03. The lowest BCUT2D eigenvalue weighted by Gasteiger charge is -2.15. The molecule has 0 unspecified atom stereocenters. The van der Waals surface area contributed by atoms with Gasteiger partial charge in [0, 0.05) is 38.9 Å². The van der Waals surface area contributed by atoms with Crippen molar-refractivity contribution >= 4 is 5.96 Å². The minimum atomic E-state index is -4.36. The van der Waals surface area contributed by atoms with Crippen LogP contribution in [0.25, 0.3) is 0 Å². The van der Waals surface area contributed by atoms with Gasteiger partial charge in [0.25, 0.3) is 0 Å². The van der Waals surface area contributed by atoms with E-state index in [0.717, 1.165) is 26.0 Å². The van der Waals surface area contributed by atoms with E-state index in [4.69, 9.17) is 9.47 Å². The number of hydrogen-bond acceptors (Lipinski definition) is 3. The monoisotopic (exact) mass is 361 g/mol. The molecule has 0 amide bonds.